The van der Waals surface area contributed by atoms with Crippen LogP contribution in [0.4, 0.5) is 0 Å². The van der Waals surface area contributed by atoms with Gasteiger partial charge in [-0.1, -0.05) is 23.8 Å². The smallest absolute Gasteiger partial charge is 0.0890 e. The molecule has 0 unspecified atom stereocenters. The van der Waals surface area contributed by atoms with Gasteiger partial charge in [0.15, 0.2) is 0 Å². The van der Waals surface area contributed by atoms with Crippen molar-refractivity contribution >= 4 is 11.0 Å². The number of benzene rings is 1. The summed E-state index contributed by atoms with van der Waals surface area (Å²) in [6, 6.07) is 8.08. The highest BCUT2D eigenvalue weighted by molar-refractivity contribution is 5.74. The molecule has 1 aliphatic rings. The topological polar surface area (TPSA) is 29.0 Å². The molecule has 19 heavy (non-hydrogen) atoms. The molecule has 3 rings (SSSR count). The van der Waals surface area contributed by atoms with Gasteiger partial charge in [-0.25, -0.2) is 9.97 Å². The van der Waals surface area contributed by atoms with Gasteiger partial charge in [0.05, 0.1) is 22.4 Å². The second kappa shape index (κ2) is 5.10. The maximum absolute atomic E-state index is 4.76. The monoisotopic (exact) mass is 253 g/mol. The maximum Gasteiger partial charge on any atom is 0.0890 e. The van der Waals surface area contributed by atoms with Gasteiger partial charge in [0.1, 0.15) is 0 Å². The van der Waals surface area contributed by atoms with E-state index < -0.39 is 0 Å². The van der Waals surface area contributed by atoms with E-state index in [1.165, 1.54) is 12.0 Å². The molecule has 0 spiro atoms. The minimum atomic E-state index is 0.896. The zero-order valence-corrected chi connectivity index (χ0v) is 11.6. The summed E-state index contributed by atoms with van der Waals surface area (Å²) in [5.41, 5.74) is 5.62. The average molecular weight is 253 g/mol. The van der Waals surface area contributed by atoms with Crippen LogP contribution in [0.1, 0.15) is 24.7 Å². The fraction of sp³-hybridized carbons (Fsp3) is 0.375. The number of aryl methyl sites for hydroxylation is 1. The lowest BCUT2D eigenvalue weighted by Gasteiger charge is -2.25. The molecule has 0 fully saturated rings. The lowest BCUT2D eigenvalue weighted by molar-refractivity contribution is 0.282. The van der Waals surface area contributed by atoms with Crippen molar-refractivity contribution in [3.05, 3.63) is 47.3 Å². The molecule has 2 aromatic rings. The van der Waals surface area contributed by atoms with Crippen LogP contribution in [0.15, 0.2) is 35.9 Å². The van der Waals surface area contributed by atoms with Crippen LogP contribution < -0.4 is 0 Å². The van der Waals surface area contributed by atoms with Crippen molar-refractivity contribution in [2.24, 2.45) is 0 Å². The number of fused-ring (bicyclic) bond motifs is 1. The first kappa shape index (κ1) is 12.3. The standard InChI is InChI=1S/C16H19N3/c1-12-7-9-19(10-8-12)11-16-13(2)17-14-5-3-4-6-15(14)18-16/h3-7H,8-11H2,1-2H3. The average Bonchev–Trinajstić information content (AvgIpc) is 2.42. The Hall–Kier alpha value is -1.74. The molecule has 0 saturated carbocycles. The van der Waals surface area contributed by atoms with E-state index in [4.69, 9.17) is 4.98 Å². The van der Waals surface area contributed by atoms with Gasteiger partial charge in [-0.2, -0.15) is 0 Å². The van der Waals surface area contributed by atoms with Crippen LogP contribution in [0.5, 0.6) is 0 Å². The van der Waals surface area contributed by atoms with Gasteiger partial charge < -0.3 is 0 Å². The maximum atomic E-state index is 4.76. The van der Waals surface area contributed by atoms with Crippen LogP contribution >= 0.6 is 0 Å². The molecule has 98 valence electrons. The van der Waals surface area contributed by atoms with Crippen molar-refractivity contribution in [1.29, 1.82) is 0 Å². The quantitative estimate of drug-likeness (QED) is 0.770. The predicted molar refractivity (Wildman–Crippen MR) is 77.9 cm³/mol. The fourth-order valence-electron chi connectivity index (χ4n) is 2.44. The van der Waals surface area contributed by atoms with Crippen LogP contribution in [-0.2, 0) is 6.54 Å². The van der Waals surface area contributed by atoms with Gasteiger partial charge in [0.2, 0.25) is 0 Å². The molecule has 1 aromatic heterocycles. The molecule has 0 bridgehead atoms. The zero-order valence-electron chi connectivity index (χ0n) is 11.6. The largest absolute Gasteiger partial charge is 0.293 e. The summed E-state index contributed by atoms with van der Waals surface area (Å²) in [5, 5.41) is 0. The van der Waals surface area contributed by atoms with E-state index in [-0.39, 0.29) is 0 Å². The highest BCUT2D eigenvalue weighted by Gasteiger charge is 2.13. The normalized spacial score (nSPS) is 16.6. The van der Waals surface area contributed by atoms with Gasteiger partial charge >= 0.3 is 0 Å². The van der Waals surface area contributed by atoms with E-state index >= 15 is 0 Å². The van der Waals surface area contributed by atoms with Gasteiger partial charge in [0.25, 0.3) is 0 Å². The Bertz CT molecular complexity index is 631. The molecule has 3 nitrogen and oxygen atoms in total. The van der Waals surface area contributed by atoms with Gasteiger partial charge in [-0.15, -0.1) is 0 Å². The molecule has 0 aliphatic carbocycles. The van der Waals surface area contributed by atoms with E-state index in [2.05, 4.69) is 29.8 Å². The Labute approximate surface area is 114 Å². The molecule has 0 amide bonds. The van der Waals surface area contributed by atoms with Crippen molar-refractivity contribution in [1.82, 2.24) is 14.9 Å². The third kappa shape index (κ3) is 2.66. The minimum absolute atomic E-state index is 0.896. The Balaban J connectivity index is 1.86. The van der Waals surface area contributed by atoms with E-state index in [0.717, 1.165) is 42.1 Å². The van der Waals surface area contributed by atoms with Gasteiger partial charge in [-0.3, -0.25) is 4.90 Å². The van der Waals surface area contributed by atoms with Crippen LogP contribution in [-0.4, -0.2) is 28.0 Å². The Kier molecular flexibility index (Phi) is 3.30. The highest BCUT2D eigenvalue weighted by atomic mass is 15.1. The van der Waals surface area contributed by atoms with Crippen molar-refractivity contribution in [3.8, 4) is 0 Å². The summed E-state index contributed by atoms with van der Waals surface area (Å²) < 4.78 is 0. The van der Waals surface area contributed by atoms with Gasteiger partial charge in [-0.05, 0) is 32.4 Å². The van der Waals surface area contributed by atoms with Crippen molar-refractivity contribution < 1.29 is 0 Å². The first-order chi connectivity index (χ1) is 9.22. The molecule has 0 N–H and O–H groups in total. The number of nitrogens with zero attached hydrogens (tertiary/aromatic N) is 3. The minimum Gasteiger partial charge on any atom is -0.293 e. The van der Waals surface area contributed by atoms with Crippen LogP contribution in [0.3, 0.4) is 0 Å². The summed E-state index contributed by atoms with van der Waals surface area (Å²) in [4.78, 5) is 11.8. The summed E-state index contributed by atoms with van der Waals surface area (Å²) in [7, 11) is 0. The third-order valence-corrected chi connectivity index (χ3v) is 3.74. The van der Waals surface area contributed by atoms with E-state index in [1.54, 1.807) is 0 Å². The van der Waals surface area contributed by atoms with E-state index in [9.17, 15) is 0 Å². The number of hydrogen-bond donors (Lipinski definition) is 0. The van der Waals surface area contributed by atoms with Crippen LogP contribution in [0, 0.1) is 6.92 Å². The number of para-hydroxylation sites is 2. The lowest BCUT2D eigenvalue weighted by atomic mass is 10.1. The Morgan fingerprint density at radius 2 is 1.84 bits per heavy atom. The molecule has 0 saturated heterocycles. The first-order valence-electron chi connectivity index (χ1n) is 6.82. The molecular weight excluding hydrogens is 234 g/mol. The van der Waals surface area contributed by atoms with Gasteiger partial charge in [0, 0.05) is 19.6 Å². The summed E-state index contributed by atoms with van der Waals surface area (Å²) in [5.74, 6) is 0. The van der Waals surface area contributed by atoms with Crippen molar-refractivity contribution in [2.75, 3.05) is 13.1 Å². The third-order valence-electron chi connectivity index (χ3n) is 3.74. The van der Waals surface area contributed by atoms with Crippen molar-refractivity contribution in [2.45, 2.75) is 26.8 Å². The number of hydrogen-bond acceptors (Lipinski definition) is 3. The highest BCUT2D eigenvalue weighted by Crippen LogP contribution is 2.16. The molecule has 1 aliphatic heterocycles. The Morgan fingerprint density at radius 1 is 1.11 bits per heavy atom. The van der Waals surface area contributed by atoms with Crippen molar-refractivity contribution in [3.63, 3.8) is 0 Å². The fourth-order valence-corrected chi connectivity index (χ4v) is 2.44. The first-order valence-corrected chi connectivity index (χ1v) is 6.82. The SMILES string of the molecule is CC1=CCN(Cc2nc3ccccc3nc2C)CC1. The second-order valence-electron chi connectivity index (χ2n) is 5.28. The Morgan fingerprint density at radius 3 is 2.53 bits per heavy atom. The second-order valence-corrected chi connectivity index (χ2v) is 5.28. The van der Waals surface area contributed by atoms with E-state index in [0.29, 0.717) is 0 Å². The summed E-state index contributed by atoms with van der Waals surface area (Å²) >= 11 is 0. The van der Waals surface area contributed by atoms with E-state index in [1.807, 2.05) is 24.3 Å². The van der Waals surface area contributed by atoms with Crippen LogP contribution in [0.25, 0.3) is 11.0 Å². The lowest BCUT2D eigenvalue weighted by Crippen LogP contribution is -2.28. The molecule has 0 radical (unpaired) electrons. The molecule has 1 aromatic carbocycles. The predicted octanol–water partition coefficient (Wildman–Crippen LogP) is 3.09. The summed E-state index contributed by atoms with van der Waals surface area (Å²) in [6.07, 6.45) is 3.48. The summed E-state index contributed by atoms with van der Waals surface area (Å²) in [6.45, 7) is 7.31. The molecule has 2 heterocycles. The molecular formula is C16H19N3. The molecule has 3 heteroatoms. The molecule has 0 atom stereocenters. The zero-order chi connectivity index (χ0) is 13.2. The number of aromatic nitrogens is 2. The number of rotatable bonds is 2. The van der Waals surface area contributed by atoms with Crippen LogP contribution in [0.2, 0.25) is 0 Å².